The summed E-state index contributed by atoms with van der Waals surface area (Å²) in [7, 11) is 1.59. The Hall–Kier alpha value is -2.81. The van der Waals surface area contributed by atoms with Gasteiger partial charge in [0.1, 0.15) is 18.1 Å². The zero-order valence-corrected chi connectivity index (χ0v) is 12.3. The second-order valence-electron chi connectivity index (χ2n) is 4.95. The van der Waals surface area contributed by atoms with E-state index < -0.39 is 0 Å². The van der Waals surface area contributed by atoms with Gasteiger partial charge in [-0.2, -0.15) is 0 Å². The first-order valence-corrected chi connectivity index (χ1v) is 7.04. The first kappa shape index (κ1) is 14.1. The van der Waals surface area contributed by atoms with Crippen molar-refractivity contribution in [2.45, 2.75) is 6.61 Å². The highest BCUT2D eigenvalue weighted by Crippen LogP contribution is 2.26. The lowest BCUT2D eigenvalue weighted by Crippen LogP contribution is -1.99. The van der Waals surface area contributed by atoms with Gasteiger partial charge in [-0.3, -0.25) is 4.79 Å². The molecule has 0 heterocycles. The lowest BCUT2D eigenvalue weighted by Gasteiger charge is -2.11. The lowest BCUT2D eigenvalue weighted by atomic mass is 10.1. The van der Waals surface area contributed by atoms with Crippen molar-refractivity contribution in [1.82, 2.24) is 0 Å². The van der Waals surface area contributed by atoms with E-state index in [9.17, 15) is 4.79 Å². The van der Waals surface area contributed by atoms with Gasteiger partial charge >= 0.3 is 0 Å². The van der Waals surface area contributed by atoms with Crippen molar-refractivity contribution in [1.29, 1.82) is 0 Å². The number of ether oxygens (including phenoxy) is 2. The largest absolute Gasteiger partial charge is 0.497 e. The van der Waals surface area contributed by atoms with Gasteiger partial charge in [0.2, 0.25) is 0 Å². The van der Waals surface area contributed by atoms with Gasteiger partial charge in [0.15, 0.2) is 6.29 Å². The molecule has 3 aromatic rings. The van der Waals surface area contributed by atoms with E-state index >= 15 is 0 Å². The summed E-state index contributed by atoms with van der Waals surface area (Å²) in [5, 5.41) is 2.32. The molecule has 0 saturated carbocycles. The summed E-state index contributed by atoms with van der Waals surface area (Å²) < 4.78 is 11.0. The highest BCUT2D eigenvalue weighted by Gasteiger charge is 2.07. The predicted octanol–water partition coefficient (Wildman–Crippen LogP) is 4.24. The quantitative estimate of drug-likeness (QED) is 0.660. The molecule has 0 atom stereocenters. The first-order valence-electron chi connectivity index (χ1n) is 7.04. The minimum absolute atomic E-state index is 0.398. The molecule has 0 spiro atoms. The summed E-state index contributed by atoms with van der Waals surface area (Å²) in [6, 6.07) is 19.4. The average molecular weight is 292 g/mol. The average Bonchev–Trinajstić information content (AvgIpc) is 2.59. The molecule has 0 aliphatic carbocycles. The summed E-state index contributed by atoms with van der Waals surface area (Å²) in [4.78, 5) is 11.1. The second-order valence-corrected chi connectivity index (χ2v) is 4.95. The molecule has 0 aliphatic rings. The normalized spacial score (nSPS) is 10.4. The Labute approximate surface area is 129 Å². The molecule has 0 aromatic heterocycles. The SMILES string of the molecule is COc1ccc(C=O)c(OCc2cccc3ccccc23)c1. The van der Waals surface area contributed by atoms with Crippen LogP contribution in [0, 0.1) is 0 Å². The van der Waals surface area contributed by atoms with Crippen molar-refractivity contribution in [2.75, 3.05) is 7.11 Å². The van der Waals surface area contributed by atoms with Crippen LogP contribution in [-0.4, -0.2) is 13.4 Å². The van der Waals surface area contributed by atoms with Crippen LogP contribution < -0.4 is 9.47 Å². The highest BCUT2D eigenvalue weighted by atomic mass is 16.5. The number of rotatable bonds is 5. The van der Waals surface area contributed by atoms with Gasteiger partial charge in [-0.1, -0.05) is 42.5 Å². The fourth-order valence-corrected chi connectivity index (χ4v) is 2.44. The number of carbonyl (C=O) groups is 1. The van der Waals surface area contributed by atoms with Crippen molar-refractivity contribution in [3.8, 4) is 11.5 Å². The van der Waals surface area contributed by atoms with Crippen LogP contribution in [0.4, 0.5) is 0 Å². The molecule has 3 nitrogen and oxygen atoms in total. The molecular weight excluding hydrogens is 276 g/mol. The standard InChI is InChI=1S/C19H16O3/c1-21-17-10-9-15(12-20)19(11-17)22-13-16-7-4-6-14-5-2-3-8-18(14)16/h2-12H,13H2,1H3. The van der Waals surface area contributed by atoms with Crippen molar-refractivity contribution in [2.24, 2.45) is 0 Å². The van der Waals surface area contributed by atoms with Gasteiger partial charge in [-0.05, 0) is 28.5 Å². The van der Waals surface area contributed by atoms with Crippen LogP contribution in [0.1, 0.15) is 15.9 Å². The number of methoxy groups -OCH3 is 1. The van der Waals surface area contributed by atoms with Crippen LogP contribution in [-0.2, 0) is 6.61 Å². The maximum atomic E-state index is 11.1. The third-order valence-corrected chi connectivity index (χ3v) is 3.61. The fourth-order valence-electron chi connectivity index (χ4n) is 2.44. The van der Waals surface area contributed by atoms with Crippen molar-refractivity contribution >= 4 is 17.1 Å². The molecular formula is C19H16O3. The maximum Gasteiger partial charge on any atom is 0.153 e. The molecule has 3 aromatic carbocycles. The summed E-state index contributed by atoms with van der Waals surface area (Å²) in [6.07, 6.45) is 0.790. The van der Waals surface area contributed by atoms with E-state index in [1.807, 2.05) is 24.3 Å². The Morgan fingerprint density at radius 2 is 1.82 bits per heavy atom. The van der Waals surface area contributed by atoms with Crippen molar-refractivity contribution < 1.29 is 14.3 Å². The lowest BCUT2D eigenvalue weighted by molar-refractivity contribution is 0.111. The van der Waals surface area contributed by atoms with Crippen LogP contribution >= 0.6 is 0 Å². The zero-order chi connectivity index (χ0) is 15.4. The van der Waals surface area contributed by atoms with Crippen molar-refractivity contribution in [3.05, 3.63) is 71.8 Å². The third-order valence-electron chi connectivity index (χ3n) is 3.61. The van der Waals surface area contributed by atoms with Crippen LogP contribution in [0.5, 0.6) is 11.5 Å². The van der Waals surface area contributed by atoms with Crippen LogP contribution in [0.25, 0.3) is 10.8 Å². The molecule has 0 bridgehead atoms. The van der Waals surface area contributed by atoms with Crippen LogP contribution in [0.3, 0.4) is 0 Å². The number of hydrogen-bond acceptors (Lipinski definition) is 3. The molecule has 0 unspecified atom stereocenters. The third kappa shape index (κ3) is 2.79. The molecule has 0 amide bonds. The number of carbonyl (C=O) groups excluding carboxylic acids is 1. The van der Waals surface area contributed by atoms with E-state index in [-0.39, 0.29) is 0 Å². The van der Waals surface area contributed by atoms with Gasteiger partial charge in [-0.25, -0.2) is 0 Å². The second kappa shape index (κ2) is 6.31. The van der Waals surface area contributed by atoms with E-state index in [1.54, 1.807) is 25.3 Å². The maximum absolute atomic E-state index is 11.1. The van der Waals surface area contributed by atoms with Gasteiger partial charge in [0, 0.05) is 6.07 Å². The molecule has 0 N–H and O–H groups in total. The Balaban J connectivity index is 1.89. The van der Waals surface area contributed by atoms with Gasteiger partial charge in [0.05, 0.1) is 12.7 Å². The van der Waals surface area contributed by atoms with Gasteiger partial charge in [-0.15, -0.1) is 0 Å². The number of benzene rings is 3. The topological polar surface area (TPSA) is 35.5 Å². The van der Waals surface area contributed by atoms with E-state index in [0.717, 1.165) is 17.2 Å². The molecule has 22 heavy (non-hydrogen) atoms. The minimum Gasteiger partial charge on any atom is -0.497 e. The molecule has 0 saturated heterocycles. The summed E-state index contributed by atoms with van der Waals surface area (Å²) in [5.74, 6) is 1.20. The van der Waals surface area contributed by atoms with E-state index in [4.69, 9.17) is 9.47 Å². The van der Waals surface area contributed by atoms with Gasteiger partial charge < -0.3 is 9.47 Å². The Morgan fingerprint density at radius 3 is 2.64 bits per heavy atom. The van der Waals surface area contributed by atoms with Gasteiger partial charge in [0.25, 0.3) is 0 Å². The fraction of sp³-hybridized carbons (Fsp3) is 0.105. The number of fused-ring (bicyclic) bond motifs is 1. The van der Waals surface area contributed by atoms with Crippen molar-refractivity contribution in [3.63, 3.8) is 0 Å². The molecule has 0 fully saturated rings. The predicted molar refractivity (Wildman–Crippen MR) is 86.7 cm³/mol. The van der Waals surface area contributed by atoms with E-state index in [1.165, 1.54) is 5.39 Å². The molecule has 3 heteroatoms. The number of aldehydes is 1. The van der Waals surface area contributed by atoms with Crippen LogP contribution in [0.2, 0.25) is 0 Å². The molecule has 0 radical (unpaired) electrons. The van der Waals surface area contributed by atoms with E-state index in [2.05, 4.69) is 18.2 Å². The molecule has 0 aliphatic heterocycles. The molecule has 3 rings (SSSR count). The first-order chi connectivity index (χ1) is 10.8. The summed E-state index contributed by atoms with van der Waals surface area (Å²) in [6.45, 7) is 0.398. The zero-order valence-electron chi connectivity index (χ0n) is 12.3. The van der Waals surface area contributed by atoms with Crippen LogP contribution in [0.15, 0.2) is 60.7 Å². The summed E-state index contributed by atoms with van der Waals surface area (Å²) >= 11 is 0. The Bertz CT molecular complexity index is 803. The highest BCUT2D eigenvalue weighted by molar-refractivity contribution is 5.85. The summed E-state index contributed by atoms with van der Waals surface area (Å²) in [5.41, 5.74) is 1.60. The van der Waals surface area contributed by atoms with E-state index in [0.29, 0.717) is 23.7 Å². The number of hydrogen-bond donors (Lipinski definition) is 0. The smallest absolute Gasteiger partial charge is 0.153 e. The molecule has 110 valence electrons. The Kier molecular flexibility index (Phi) is 4.05. The monoisotopic (exact) mass is 292 g/mol. The Morgan fingerprint density at radius 1 is 1.00 bits per heavy atom. The minimum atomic E-state index is 0.398.